The Morgan fingerprint density at radius 3 is 2.76 bits per heavy atom. The summed E-state index contributed by atoms with van der Waals surface area (Å²) < 4.78 is 0. The number of piperidine rings is 1. The van der Waals surface area contributed by atoms with Crippen LogP contribution in [0.25, 0.3) is 0 Å². The predicted octanol–water partition coefficient (Wildman–Crippen LogP) is -1.42. The third-order valence-electron chi connectivity index (χ3n) is 3.69. The van der Waals surface area contributed by atoms with Crippen LogP contribution in [-0.2, 0) is 4.79 Å². The first-order valence-corrected chi connectivity index (χ1v) is 6.48. The number of H-pyrrole nitrogens is 1. The highest BCUT2D eigenvalue weighted by Gasteiger charge is 2.49. The second-order valence-electron chi connectivity index (χ2n) is 5.12. The summed E-state index contributed by atoms with van der Waals surface area (Å²) in [5, 5.41) is 4.79. The van der Waals surface area contributed by atoms with E-state index in [9.17, 15) is 19.2 Å². The number of hydrogen-bond acceptors (Lipinski definition) is 5. The standard InChI is InChI=1S/C12H13N5O4/c18-8-5-13-7(4-14-8)9(19)17-3-1-2-12(6-17)10(20)15-11(21)16-12/h4-5H,1-3,6H2,(H,14,18)(H2,15,16,20,21). The Balaban J connectivity index is 1.81. The number of imide groups is 1. The van der Waals surface area contributed by atoms with Gasteiger partial charge in [0.1, 0.15) is 11.2 Å². The van der Waals surface area contributed by atoms with Crippen LogP contribution >= 0.6 is 0 Å². The number of aromatic amines is 1. The van der Waals surface area contributed by atoms with Gasteiger partial charge in [0.2, 0.25) is 0 Å². The van der Waals surface area contributed by atoms with E-state index in [2.05, 4.69) is 20.6 Å². The molecule has 1 aromatic rings. The van der Waals surface area contributed by atoms with Gasteiger partial charge in [-0.2, -0.15) is 0 Å². The lowest BCUT2D eigenvalue weighted by molar-refractivity contribution is -0.125. The smallest absolute Gasteiger partial charge is 0.322 e. The molecular formula is C12H13N5O4. The average Bonchev–Trinajstić information content (AvgIpc) is 2.73. The Kier molecular flexibility index (Phi) is 2.96. The van der Waals surface area contributed by atoms with Crippen LogP contribution in [0.1, 0.15) is 23.3 Å². The van der Waals surface area contributed by atoms with Gasteiger partial charge in [0.25, 0.3) is 17.4 Å². The van der Waals surface area contributed by atoms with Gasteiger partial charge in [0.05, 0.1) is 12.7 Å². The van der Waals surface area contributed by atoms with Crippen LogP contribution in [0.15, 0.2) is 17.2 Å². The van der Waals surface area contributed by atoms with Gasteiger partial charge in [-0.25, -0.2) is 9.78 Å². The van der Waals surface area contributed by atoms with Crippen molar-refractivity contribution in [3.05, 3.63) is 28.4 Å². The Morgan fingerprint density at radius 1 is 1.33 bits per heavy atom. The molecular weight excluding hydrogens is 278 g/mol. The second-order valence-corrected chi connectivity index (χ2v) is 5.12. The number of nitrogens with zero attached hydrogens (tertiary/aromatic N) is 2. The topological polar surface area (TPSA) is 124 Å². The lowest BCUT2D eigenvalue weighted by Gasteiger charge is -2.37. The second kappa shape index (κ2) is 4.69. The van der Waals surface area contributed by atoms with Crippen LogP contribution in [0.4, 0.5) is 4.79 Å². The van der Waals surface area contributed by atoms with E-state index in [4.69, 9.17) is 0 Å². The summed E-state index contributed by atoms with van der Waals surface area (Å²) in [6.45, 7) is 0.550. The van der Waals surface area contributed by atoms with E-state index >= 15 is 0 Å². The number of aromatic nitrogens is 2. The fourth-order valence-electron chi connectivity index (χ4n) is 2.67. The monoisotopic (exact) mass is 291 g/mol. The molecule has 1 aromatic heterocycles. The molecule has 0 saturated carbocycles. The van der Waals surface area contributed by atoms with Crippen molar-refractivity contribution in [3.8, 4) is 0 Å². The van der Waals surface area contributed by atoms with Crippen LogP contribution in [0.2, 0.25) is 0 Å². The SMILES string of the molecule is O=C1NC(=O)C2(CCCN(C(=O)c3c[nH]c(=O)cn3)C2)N1. The molecule has 2 aliphatic heterocycles. The van der Waals surface area contributed by atoms with E-state index in [0.717, 1.165) is 6.20 Å². The summed E-state index contributed by atoms with van der Waals surface area (Å²) in [6.07, 6.45) is 3.33. The molecule has 21 heavy (non-hydrogen) atoms. The molecule has 3 N–H and O–H groups in total. The van der Waals surface area contributed by atoms with Crippen molar-refractivity contribution in [2.75, 3.05) is 13.1 Å². The lowest BCUT2D eigenvalue weighted by Crippen LogP contribution is -2.59. The van der Waals surface area contributed by atoms with Gasteiger partial charge in [0.15, 0.2) is 0 Å². The van der Waals surface area contributed by atoms with Gasteiger partial charge in [-0.1, -0.05) is 0 Å². The molecule has 0 aliphatic carbocycles. The number of carbonyl (C=O) groups excluding carboxylic acids is 3. The molecule has 4 amide bonds. The number of urea groups is 1. The molecule has 2 fully saturated rings. The highest BCUT2D eigenvalue weighted by molar-refractivity contribution is 6.07. The summed E-state index contributed by atoms with van der Waals surface area (Å²) in [7, 11) is 0. The van der Waals surface area contributed by atoms with Gasteiger partial charge in [0, 0.05) is 12.7 Å². The van der Waals surface area contributed by atoms with E-state index in [1.165, 1.54) is 11.1 Å². The van der Waals surface area contributed by atoms with Gasteiger partial charge in [-0.3, -0.25) is 19.7 Å². The van der Waals surface area contributed by atoms with Crippen LogP contribution < -0.4 is 16.2 Å². The summed E-state index contributed by atoms with van der Waals surface area (Å²) >= 11 is 0. The van der Waals surface area contributed by atoms with Gasteiger partial charge < -0.3 is 15.2 Å². The van der Waals surface area contributed by atoms with E-state index in [0.29, 0.717) is 19.4 Å². The number of nitrogens with one attached hydrogen (secondary N) is 3. The Morgan fingerprint density at radius 2 is 2.14 bits per heavy atom. The first-order chi connectivity index (χ1) is 10.00. The average molecular weight is 291 g/mol. The molecule has 3 rings (SSSR count). The van der Waals surface area contributed by atoms with Gasteiger partial charge in [-0.15, -0.1) is 0 Å². The highest BCUT2D eigenvalue weighted by Crippen LogP contribution is 2.25. The normalized spacial score (nSPS) is 24.9. The van der Waals surface area contributed by atoms with E-state index < -0.39 is 23.0 Å². The van der Waals surface area contributed by atoms with Crippen LogP contribution in [0.5, 0.6) is 0 Å². The molecule has 0 aromatic carbocycles. The van der Waals surface area contributed by atoms with Crippen molar-refractivity contribution < 1.29 is 14.4 Å². The maximum atomic E-state index is 12.3. The summed E-state index contributed by atoms with van der Waals surface area (Å²) in [6, 6.07) is -0.545. The van der Waals surface area contributed by atoms with E-state index in [1.807, 2.05) is 0 Å². The molecule has 1 spiro atoms. The molecule has 2 aliphatic rings. The third-order valence-corrected chi connectivity index (χ3v) is 3.69. The fraction of sp³-hybridized carbons (Fsp3) is 0.417. The lowest BCUT2D eigenvalue weighted by atomic mass is 9.89. The largest absolute Gasteiger partial charge is 0.334 e. The van der Waals surface area contributed by atoms with Crippen molar-refractivity contribution in [1.29, 1.82) is 0 Å². The quantitative estimate of drug-likeness (QED) is 0.548. The minimum atomic E-state index is -1.06. The fourth-order valence-corrected chi connectivity index (χ4v) is 2.67. The van der Waals surface area contributed by atoms with Crippen LogP contribution in [-0.4, -0.2) is 51.3 Å². The number of carbonyl (C=O) groups is 3. The molecule has 1 unspecified atom stereocenters. The molecule has 2 saturated heterocycles. The van der Waals surface area contributed by atoms with Crippen molar-refractivity contribution in [2.24, 2.45) is 0 Å². The zero-order chi connectivity index (χ0) is 15.0. The Bertz CT molecular complexity index is 664. The number of likely N-dealkylation sites (tertiary alicyclic amines) is 1. The number of amides is 4. The van der Waals surface area contributed by atoms with Crippen molar-refractivity contribution in [1.82, 2.24) is 25.5 Å². The van der Waals surface area contributed by atoms with Crippen molar-refractivity contribution >= 4 is 17.8 Å². The molecule has 1 atom stereocenters. The third kappa shape index (κ3) is 2.26. The first kappa shape index (κ1) is 13.3. The van der Waals surface area contributed by atoms with Crippen molar-refractivity contribution in [3.63, 3.8) is 0 Å². The predicted molar refractivity (Wildman–Crippen MR) is 69.4 cm³/mol. The first-order valence-electron chi connectivity index (χ1n) is 6.48. The minimum Gasteiger partial charge on any atom is -0.334 e. The number of rotatable bonds is 1. The molecule has 3 heterocycles. The summed E-state index contributed by atoms with van der Waals surface area (Å²) in [4.78, 5) is 54.1. The van der Waals surface area contributed by atoms with Crippen LogP contribution in [0.3, 0.4) is 0 Å². The highest BCUT2D eigenvalue weighted by atomic mass is 16.2. The number of hydrogen-bond donors (Lipinski definition) is 3. The van der Waals surface area contributed by atoms with Gasteiger partial charge >= 0.3 is 6.03 Å². The Hall–Kier alpha value is -2.71. The zero-order valence-corrected chi connectivity index (χ0v) is 11.0. The zero-order valence-electron chi connectivity index (χ0n) is 11.0. The van der Waals surface area contributed by atoms with Crippen molar-refractivity contribution in [2.45, 2.75) is 18.4 Å². The minimum absolute atomic E-state index is 0.0875. The van der Waals surface area contributed by atoms with Gasteiger partial charge in [-0.05, 0) is 12.8 Å². The molecule has 9 heteroatoms. The molecule has 9 nitrogen and oxygen atoms in total. The summed E-state index contributed by atoms with van der Waals surface area (Å²) in [5.74, 6) is -0.807. The van der Waals surface area contributed by atoms with Crippen LogP contribution in [0, 0.1) is 0 Å². The van der Waals surface area contributed by atoms with E-state index in [-0.39, 0.29) is 18.1 Å². The molecule has 0 radical (unpaired) electrons. The maximum absolute atomic E-state index is 12.3. The van der Waals surface area contributed by atoms with E-state index in [1.54, 1.807) is 0 Å². The maximum Gasteiger partial charge on any atom is 0.322 e. The molecule has 0 bridgehead atoms. The molecule has 110 valence electrons. The summed E-state index contributed by atoms with van der Waals surface area (Å²) in [5.41, 5.74) is -1.37. The Labute approximate surface area is 118 Å².